The highest BCUT2D eigenvalue weighted by Gasteiger charge is 2.13. The van der Waals surface area contributed by atoms with E-state index in [-0.39, 0.29) is 12.2 Å². The van der Waals surface area contributed by atoms with Crippen LogP contribution in [0.2, 0.25) is 0 Å². The molecule has 1 rings (SSSR count). The van der Waals surface area contributed by atoms with Gasteiger partial charge < -0.3 is 9.47 Å². The average Bonchev–Trinajstić information content (AvgIpc) is 2.23. The van der Waals surface area contributed by atoms with Gasteiger partial charge in [0.15, 0.2) is 0 Å². The predicted molar refractivity (Wildman–Crippen MR) is 67.9 cm³/mol. The van der Waals surface area contributed by atoms with Gasteiger partial charge in [-0.3, -0.25) is 0 Å². The molecule has 0 unspecified atom stereocenters. The summed E-state index contributed by atoms with van der Waals surface area (Å²) in [5.41, 5.74) is 0.199. The number of carbonyl (C=O) groups excluding carboxylic acids is 1. The number of aromatic nitrogens is 1. The molecule has 1 aromatic rings. The van der Waals surface area contributed by atoms with Crippen LogP contribution in [0.1, 0.15) is 31.1 Å². The molecule has 0 aliphatic rings. The minimum absolute atomic E-state index is 0.221. The Morgan fingerprint density at radius 2 is 2.12 bits per heavy atom. The second-order valence-electron chi connectivity index (χ2n) is 4.44. The molecule has 0 amide bonds. The summed E-state index contributed by atoms with van der Waals surface area (Å²) in [4.78, 5) is 15.6. The van der Waals surface area contributed by atoms with Crippen LogP contribution in [0.15, 0.2) is 22.9 Å². The van der Waals surface area contributed by atoms with E-state index in [1.807, 2.05) is 20.8 Å². The third-order valence-electron chi connectivity index (χ3n) is 1.83. The van der Waals surface area contributed by atoms with Crippen molar-refractivity contribution < 1.29 is 14.3 Å². The summed E-state index contributed by atoms with van der Waals surface area (Å²) in [7, 11) is 0. The first-order chi connectivity index (χ1) is 7.90. The average molecular weight is 302 g/mol. The minimum Gasteiger partial charge on any atom is -0.460 e. The molecule has 0 spiro atoms. The maximum absolute atomic E-state index is 11.6. The van der Waals surface area contributed by atoms with Crippen LogP contribution < -0.4 is 0 Å². The van der Waals surface area contributed by atoms with Gasteiger partial charge in [0.1, 0.15) is 11.2 Å². The van der Waals surface area contributed by atoms with Crippen LogP contribution in [-0.4, -0.2) is 29.8 Å². The molecule has 94 valence electrons. The summed E-state index contributed by atoms with van der Waals surface area (Å²) < 4.78 is 11.0. The number of halogens is 1. The summed E-state index contributed by atoms with van der Waals surface area (Å²) in [5, 5.41) is 0. The Morgan fingerprint density at radius 3 is 2.71 bits per heavy atom. The summed E-state index contributed by atoms with van der Waals surface area (Å²) >= 11 is 3.19. The molecule has 0 radical (unpaired) electrons. The van der Waals surface area contributed by atoms with Crippen LogP contribution in [0, 0.1) is 0 Å². The highest BCUT2D eigenvalue weighted by Crippen LogP contribution is 2.13. The molecule has 1 aromatic heterocycles. The molecular weight excluding hydrogens is 286 g/mol. The number of rotatable bonds is 4. The number of hydrogen-bond donors (Lipinski definition) is 0. The van der Waals surface area contributed by atoms with Gasteiger partial charge in [0, 0.05) is 6.20 Å². The van der Waals surface area contributed by atoms with E-state index in [1.54, 1.807) is 18.3 Å². The van der Waals surface area contributed by atoms with Crippen molar-refractivity contribution in [1.29, 1.82) is 0 Å². The quantitative estimate of drug-likeness (QED) is 0.487. The number of hydrogen-bond acceptors (Lipinski definition) is 4. The molecule has 0 N–H and O–H groups in total. The fourth-order valence-corrected chi connectivity index (χ4v) is 1.51. The highest BCUT2D eigenvalue weighted by atomic mass is 79.9. The Bertz CT molecular complexity index is 388. The molecule has 0 aromatic carbocycles. The Morgan fingerprint density at radius 1 is 1.41 bits per heavy atom. The molecule has 4 nitrogen and oxygen atoms in total. The third kappa shape index (κ3) is 5.28. The third-order valence-corrected chi connectivity index (χ3v) is 2.46. The zero-order valence-electron chi connectivity index (χ0n) is 10.2. The van der Waals surface area contributed by atoms with E-state index in [0.717, 1.165) is 0 Å². The molecule has 17 heavy (non-hydrogen) atoms. The van der Waals surface area contributed by atoms with Gasteiger partial charge in [-0.2, -0.15) is 0 Å². The van der Waals surface area contributed by atoms with Gasteiger partial charge in [0.05, 0.1) is 17.8 Å². The molecule has 0 saturated heterocycles. The molecule has 0 aliphatic heterocycles. The molecule has 0 bridgehead atoms. The van der Waals surface area contributed by atoms with E-state index in [9.17, 15) is 4.79 Å². The van der Waals surface area contributed by atoms with E-state index in [2.05, 4.69) is 20.9 Å². The first-order valence-corrected chi connectivity index (χ1v) is 6.11. The molecule has 5 heteroatoms. The van der Waals surface area contributed by atoms with Crippen molar-refractivity contribution >= 4 is 21.9 Å². The van der Waals surface area contributed by atoms with E-state index in [0.29, 0.717) is 16.8 Å². The molecule has 0 fully saturated rings. The van der Waals surface area contributed by atoms with Crippen LogP contribution >= 0.6 is 15.9 Å². The van der Waals surface area contributed by atoms with Crippen molar-refractivity contribution in [3.8, 4) is 0 Å². The van der Waals surface area contributed by atoms with Crippen molar-refractivity contribution in [2.24, 2.45) is 0 Å². The van der Waals surface area contributed by atoms with Gasteiger partial charge in [0.2, 0.25) is 0 Å². The normalized spacial score (nSPS) is 11.3. The van der Waals surface area contributed by atoms with Gasteiger partial charge in [-0.15, -0.1) is 0 Å². The fourth-order valence-electron chi connectivity index (χ4n) is 1.10. The fraction of sp³-hybridized carbons (Fsp3) is 0.500. The van der Waals surface area contributed by atoms with Crippen LogP contribution in [0.25, 0.3) is 0 Å². The summed E-state index contributed by atoms with van der Waals surface area (Å²) in [6.45, 7) is 6.47. The SMILES string of the molecule is CC(C)(C)OCCOC(=O)c1cccnc1Br. The summed E-state index contributed by atoms with van der Waals surface area (Å²) in [5.74, 6) is -0.400. The Hall–Kier alpha value is -0.940. The van der Waals surface area contributed by atoms with E-state index in [4.69, 9.17) is 9.47 Å². The van der Waals surface area contributed by atoms with Gasteiger partial charge in [-0.05, 0) is 48.8 Å². The van der Waals surface area contributed by atoms with Gasteiger partial charge in [-0.1, -0.05) is 0 Å². The maximum atomic E-state index is 11.6. The van der Waals surface area contributed by atoms with E-state index in [1.165, 1.54) is 0 Å². The van der Waals surface area contributed by atoms with Gasteiger partial charge in [-0.25, -0.2) is 9.78 Å². The number of esters is 1. The molecule has 0 saturated carbocycles. The van der Waals surface area contributed by atoms with Crippen LogP contribution in [-0.2, 0) is 9.47 Å². The smallest absolute Gasteiger partial charge is 0.340 e. The molecule has 0 atom stereocenters. The first kappa shape index (κ1) is 14.1. The number of ether oxygens (including phenoxy) is 2. The van der Waals surface area contributed by atoms with Crippen LogP contribution in [0.3, 0.4) is 0 Å². The van der Waals surface area contributed by atoms with Crippen molar-refractivity contribution in [3.63, 3.8) is 0 Å². The predicted octanol–water partition coefficient (Wildman–Crippen LogP) is 2.82. The maximum Gasteiger partial charge on any atom is 0.340 e. The Labute approximate surface area is 109 Å². The molecule has 1 heterocycles. The van der Waals surface area contributed by atoms with Crippen molar-refractivity contribution in [1.82, 2.24) is 4.98 Å². The van der Waals surface area contributed by atoms with Gasteiger partial charge in [0.25, 0.3) is 0 Å². The highest BCUT2D eigenvalue weighted by molar-refractivity contribution is 9.10. The summed E-state index contributed by atoms with van der Waals surface area (Å²) in [6, 6.07) is 3.34. The molecular formula is C12H16BrNO3. The lowest BCUT2D eigenvalue weighted by molar-refractivity contribution is -0.0282. The lowest BCUT2D eigenvalue weighted by atomic mass is 10.2. The lowest BCUT2D eigenvalue weighted by Gasteiger charge is -2.19. The zero-order valence-corrected chi connectivity index (χ0v) is 11.8. The number of pyridine rings is 1. The second kappa shape index (κ2) is 6.12. The molecule has 0 aliphatic carbocycles. The monoisotopic (exact) mass is 301 g/mol. The van der Waals surface area contributed by atoms with Crippen molar-refractivity contribution in [2.45, 2.75) is 26.4 Å². The topological polar surface area (TPSA) is 48.4 Å². The summed E-state index contributed by atoms with van der Waals surface area (Å²) in [6.07, 6.45) is 1.60. The Balaban J connectivity index is 2.39. The zero-order chi connectivity index (χ0) is 12.9. The Kier molecular flexibility index (Phi) is 5.08. The van der Waals surface area contributed by atoms with E-state index < -0.39 is 5.97 Å². The second-order valence-corrected chi connectivity index (χ2v) is 5.19. The minimum atomic E-state index is -0.400. The van der Waals surface area contributed by atoms with Crippen LogP contribution in [0.4, 0.5) is 0 Å². The lowest BCUT2D eigenvalue weighted by Crippen LogP contribution is -2.22. The largest absolute Gasteiger partial charge is 0.460 e. The number of nitrogens with zero attached hydrogens (tertiary/aromatic N) is 1. The standard InChI is InChI=1S/C12H16BrNO3/c1-12(2,3)17-8-7-16-11(15)9-5-4-6-14-10(9)13/h4-6H,7-8H2,1-3H3. The van der Waals surface area contributed by atoms with E-state index >= 15 is 0 Å². The van der Waals surface area contributed by atoms with Crippen LogP contribution in [0.5, 0.6) is 0 Å². The van der Waals surface area contributed by atoms with Crippen molar-refractivity contribution in [3.05, 3.63) is 28.5 Å². The van der Waals surface area contributed by atoms with Gasteiger partial charge >= 0.3 is 5.97 Å². The number of carbonyl (C=O) groups is 1. The first-order valence-electron chi connectivity index (χ1n) is 5.32. The van der Waals surface area contributed by atoms with Crippen molar-refractivity contribution in [2.75, 3.05) is 13.2 Å².